The molecule has 0 saturated heterocycles. The maximum atomic E-state index is 11.7. The Kier molecular flexibility index (Phi) is 4.30. The molecule has 0 radical (unpaired) electrons. The summed E-state index contributed by atoms with van der Waals surface area (Å²) in [6.45, 7) is 0. The number of ether oxygens (including phenoxy) is 1. The highest BCUT2D eigenvalue weighted by atomic mass is 35.5. The first-order valence-electron chi connectivity index (χ1n) is 5.23. The lowest BCUT2D eigenvalue weighted by molar-refractivity contribution is 0.0601. The van der Waals surface area contributed by atoms with E-state index in [1.807, 2.05) is 0 Å². The molecule has 1 heterocycles. The molecule has 1 aromatic heterocycles. The average molecular weight is 317 g/mol. The SMILES string of the molecule is COC(=O)c1ccc(Cl)nc1-c1ccc(Cl)c(Cl)c1. The van der Waals surface area contributed by atoms with Crippen molar-refractivity contribution in [1.82, 2.24) is 4.98 Å². The van der Waals surface area contributed by atoms with Crippen LogP contribution in [0.3, 0.4) is 0 Å². The molecule has 0 N–H and O–H groups in total. The molecule has 0 atom stereocenters. The summed E-state index contributed by atoms with van der Waals surface area (Å²) in [4.78, 5) is 15.9. The van der Waals surface area contributed by atoms with Crippen molar-refractivity contribution in [1.29, 1.82) is 0 Å². The van der Waals surface area contributed by atoms with Crippen molar-refractivity contribution in [3.63, 3.8) is 0 Å². The first-order valence-corrected chi connectivity index (χ1v) is 6.36. The van der Waals surface area contributed by atoms with E-state index in [0.717, 1.165) is 0 Å². The molecule has 2 rings (SSSR count). The van der Waals surface area contributed by atoms with Crippen LogP contribution in [0, 0.1) is 0 Å². The van der Waals surface area contributed by atoms with Crippen LogP contribution in [0.1, 0.15) is 10.4 Å². The Balaban J connectivity index is 2.62. The van der Waals surface area contributed by atoms with Gasteiger partial charge in [-0.2, -0.15) is 0 Å². The van der Waals surface area contributed by atoms with E-state index in [-0.39, 0.29) is 5.15 Å². The summed E-state index contributed by atoms with van der Waals surface area (Å²) < 4.78 is 4.71. The molecule has 0 fully saturated rings. The van der Waals surface area contributed by atoms with Gasteiger partial charge in [0.1, 0.15) is 5.15 Å². The van der Waals surface area contributed by atoms with E-state index in [9.17, 15) is 4.79 Å². The van der Waals surface area contributed by atoms with E-state index in [4.69, 9.17) is 39.5 Å². The highest BCUT2D eigenvalue weighted by molar-refractivity contribution is 6.42. The Morgan fingerprint density at radius 2 is 1.84 bits per heavy atom. The summed E-state index contributed by atoms with van der Waals surface area (Å²) in [7, 11) is 1.30. The van der Waals surface area contributed by atoms with E-state index in [1.165, 1.54) is 13.2 Å². The van der Waals surface area contributed by atoms with E-state index < -0.39 is 5.97 Å². The van der Waals surface area contributed by atoms with Crippen LogP contribution in [0.5, 0.6) is 0 Å². The van der Waals surface area contributed by atoms with Gasteiger partial charge in [-0.3, -0.25) is 0 Å². The van der Waals surface area contributed by atoms with Crippen molar-refractivity contribution in [3.05, 3.63) is 51.1 Å². The van der Waals surface area contributed by atoms with E-state index in [1.54, 1.807) is 24.3 Å². The fraction of sp³-hybridized carbons (Fsp3) is 0.0769. The molecule has 6 heteroatoms. The number of benzene rings is 1. The number of aromatic nitrogens is 1. The lowest BCUT2D eigenvalue weighted by Gasteiger charge is -2.08. The smallest absolute Gasteiger partial charge is 0.340 e. The second-order valence-electron chi connectivity index (χ2n) is 3.65. The Labute approximate surface area is 125 Å². The summed E-state index contributed by atoms with van der Waals surface area (Å²) in [6.07, 6.45) is 0. The Hall–Kier alpha value is -1.29. The minimum Gasteiger partial charge on any atom is -0.465 e. The minimum absolute atomic E-state index is 0.272. The summed E-state index contributed by atoms with van der Waals surface area (Å²) in [5, 5.41) is 1.07. The maximum absolute atomic E-state index is 11.7. The van der Waals surface area contributed by atoms with Gasteiger partial charge >= 0.3 is 5.97 Å². The molecule has 0 bridgehead atoms. The van der Waals surface area contributed by atoms with Gasteiger partial charge in [-0.25, -0.2) is 9.78 Å². The number of pyridine rings is 1. The van der Waals surface area contributed by atoms with Crippen molar-refractivity contribution in [3.8, 4) is 11.3 Å². The Morgan fingerprint density at radius 3 is 2.47 bits per heavy atom. The largest absolute Gasteiger partial charge is 0.465 e. The molecule has 2 aromatic rings. The van der Waals surface area contributed by atoms with E-state index >= 15 is 0 Å². The third-order valence-electron chi connectivity index (χ3n) is 2.46. The molecule has 0 spiro atoms. The Bertz CT molecular complexity index is 644. The molecule has 0 saturated carbocycles. The zero-order valence-electron chi connectivity index (χ0n) is 9.78. The van der Waals surface area contributed by atoms with E-state index in [2.05, 4.69) is 4.98 Å². The van der Waals surface area contributed by atoms with Crippen LogP contribution in [0.2, 0.25) is 15.2 Å². The van der Waals surface area contributed by atoms with Crippen molar-refractivity contribution in [2.75, 3.05) is 7.11 Å². The molecule has 0 aliphatic heterocycles. The molecule has 1 aromatic carbocycles. The van der Waals surface area contributed by atoms with Crippen molar-refractivity contribution in [2.24, 2.45) is 0 Å². The first-order chi connectivity index (χ1) is 9.02. The monoisotopic (exact) mass is 315 g/mol. The number of methoxy groups -OCH3 is 1. The molecule has 0 aliphatic rings. The molecule has 0 unspecified atom stereocenters. The topological polar surface area (TPSA) is 39.2 Å². The zero-order valence-corrected chi connectivity index (χ0v) is 12.1. The molecule has 19 heavy (non-hydrogen) atoms. The molecule has 0 aliphatic carbocycles. The standard InChI is InChI=1S/C13H8Cl3NO2/c1-19-13(18)8-3-5-11(16)17-12(8)7-2-4-9(14)10(15)6-7/h2-6H,1H3. The van der Waals surface area contributed by atoms with Crippen molar-refractivity contribution in [2.45, 2.75) is 0 Å². The predicted octanol–water partition coefficient (Wildman–Crippen LogP) is 4.50. The van der Waals surface area contributed by atoms with Crippen LogP contribution in [-0.2, 0) is 4.74 Å². The second kappa shape index (κ2) is 5.78. The fourth-order valence-electron chi connectivity index (χ4n) is 1.57. The molecular weight excluding hydrogens is 309 g/mol. The number of hydrogen-bond acceptors (Lipinski definition) is 3. The number of esters is 1. The third kappa shape index (κ3) is 3.00. The summed E-state index contributed by atoms with van der Waals surface area (Å²) in [6, 6.07) is 8.03. The summed E-state index contributed by atoms with van der Waals surface area (Å²) in [5.41, 5.74) is 1.35. The quantitative estimate of drug-likeness (QED) is 0.605. The van der Waals surface area contributed by atoms with Gasteiger partial charge in [0.05, 0.1) is 28.4 Å². The first kappa shape index (κ1) is 14.1. The minimum atomic E-state index is -0.495. The number of hydrogen-bond donors (Lipinski definition) is 0. The molecular formula is C13H8Cl3NO2. The summed E-state index contributed by atoms with van der Waals surface area (Å²) >= 11 is 17.7. The van der Waals surface area contributed by atoms with Crippen LogP contribution in [0.15, 0.2) is 30.3 Å². The van der Waals surface area contributed by atoms with Gasteiger partial charge in [-0.1, -0.05) is 40.9 Å². The normalized spacial score (nSPS) is 10.3. The summed E-state index contributed by atoms with van der Waals surface area (Å²) in [5.74, 6) is -0.495. The lowest BCUT2D eigenvalue weighted by atomic mass is 10.1. The highest BCUT2D eigenvalue weighted by Crippen LogP contribution is 2.30. The number of nitrogens with zero attached hydrogens (tertiary/aromatic N) is 1. The maximum Gasteiger partial charge on any atom is 0.340 e. The van der Waals surface area contributed by atoms with Crippen molar-refractivity contribution < 1.29 is 9.53 Å². The molecule has 98 valence electrons. The highest BCUT2D eigenvalue weighted by Gasteiger charge is 2.16. The van der Waals surface area contributed by atoms with Crippen LogP contribution in [0.25, 0.3) is 11.3 Å². The van der Waals surface area contributed by atoms with Crippen LogP contribution in [-0.4, -0.2) is 18.1 Å². The van der Waals surface area contributed by atoms with Gasteiger partial charge in [-0.05, 0) is 24.3 Å². The lowest BCUT2D eigenvalue weighted by Crippen LogP contribution is -2.05. The Morgan fingerprint density at radius 1 is 1.11 bits per heavy atom. The van der Waals surface area contributed by atoms with Crippen molar-refractivity contribution >= 4 is 40.8 Å². The van der Waals surface area contributed by atoms with Crippen LogP contribution in [0.4, 0.5) is 0 Å². The predicted molar refractivity (Wildman–Crippen MR) is 76.0 cm³/mol. The van der Waals surface area contributed by atoms with E-state index in [0.29, 0.717) is 26.9 Å². The second-order valence-corrected chi connectivity index (χ2v) is 4.85. The number of carbonyl (C=O) groups excluding carboxylic acids is 1. The van der Waals surface area contributed by atoms with Gasteiger partial charge in [0.25, 0.3) is 0 Å². The van der Waals surface area contributed by atoms with Crippen LogP contribution < -0.4 is 0 Å². The van der Waals surface area contributed by atoms with Gasteiger partial charge in [0.15, 0.2) is 0 Å². The average Bonchev–Trinajstić information content (AvgIpc) is 2.41. The zero-order chi connectivity index (χ0) is 14.0. The molecule has 3 nitrogen and oxygen atoms in total. The van der Waals surface area contributed by atoms with Gasteiger partial charge in [-0.15, -0.1) is 0 Å². The van der Waals surface area contributed by atoms with Gasteiger partial charge in [0.2, 0.25) is 0 Å². The number of halogens is 3. The fourth-order valence-corrected chi connectivity index (χ4v) is 2.02. The van der Waals surface area contributed by atoms with Gasteiger partial charge < -0.3 is 4.74 Å². The number of rotatable bonds is 2. The molecule has 0 amide bonds. The number of carbonyl (C=O) groups is 1. The van der Waals surface area contributed by atoms with Crippen LogP contribution >= 0.6 is 34.8 Å². The van der Waals surface area contributed by atoms with Gasteiger partial charge in [0, 0.05) is 5.56 Å². The third-order valence-corrected chi connectivity index (χ3v) is 3.41.